The van der Waals surface area contributed by atoms with Crippen LogP contribution >= 0.6 is 0 Å². The topological polar surface area (TPSA) is 68.4 Å². The van der Waals surface area contributed by atoms with Gasteiger partial charge in [0.25, 0.3) is 0 Å². The molecule has 53 heavy (non-hydrogen) atoms. The molecule has 2 unspecified atom stereocenters. The zero-order valence-corrected chi connectivity index (χ0v) is 32.0. The van der Waals surface area contributed by atoms with Gasteiger partial charge in [-0.15, -0.1) is 0 Å². The van der Waals surface area contributed by atoms with E-state index < -0.39 is 0 Å². The molecule has 0 radical (unpaired) electrons. The minimum absolute atomic E-state index is 0.551. The molecule has 0 bridgehead atoms. The van der Waals surface area contributed by atoms with E-state index in [1.54, 1.807) is 0 Å². The number of likely N-dealkylation sites (N-methyl/N-ethyl adjacent to an activating group) is 2. The van der Waals surface area contributed by atoms with Gasteiger partial charge in [0.2, 0.25) is 0 Å². The van der Waals surface area contributed by atoms with Crippen LogP contribution in [0.25, 0.3) is 39.4 Å². The third-order valence-electron chi connectivity index (χ3n) is 11.1. The maximum atomic E-state index is 5.19. The van der Waals surface area contributed by atoms with E-state index in [4.69, 9.17) is 20.0 Å². The van der Waals surface area contributed by atoms with Gasteiger partial charge in [0.05, 0.1) is 5.69 Å². The summed E-state index contributed by atoms with van der Waals surface area (Å²) in [5, 5.41) is 1.02. The number of aliphatic imine (C=N–C) groups is 2. The Morgan fingerprint density at radius 3 is 1.64 bits per heavy atom. The number of benzene rings is 3. The van der Waals surface area contributed by atoms with E-state index in [1.807, 2.05) is 18.5 Å². The third kappa shape index (κ3) is 9.34. The molecule has 0 N–H and O–H groups in total. The number of fused-ring (bicyclic) bond motifs is 1. The van der Waals surface area contributed by atoms with Crippen LogP contribution < -0.4 is 0 Å². The van der Waals surface area contributed by atoms with E-state index in [0.29, 0.717) is 17.9 Å². The zero-order chi connectivity index (χ0) is 36.6. The van der Waals surface area contributed by atoms with Crippen LogP contribution in [0.15, 0.2) is 101 Å². The molecule has 2 aliphatic heterocycles. The first-order valence-electron chi connectivity index (χ1n) is 19.4. The smallest absolute Gasteiger partial charge is 0.162 e. The van der Waals surface area contributed by atoms with Crippen molar-refractivity contribution in [2.75, 3.05) is 79.5 Å². The third-order valence-corrected chi connectivity index (χ3v) is 11.1. The highest BCUT2D eigenvalue weighted by atomic mass is 15.3. The molecule has 2 aliphatic rings. The summed E-state index contributed by atoms with van der Waals surface area (Å²) in [6, 6.07) is 30.7. The van der Waals surface area contributed by atoms with E-state index in [1.165, 1.54) is 0 Å². The molecule has 2 atom stereocenters. The Hall–Kier alpha value is -4.54. The normalized spacial score (nSPS) is 18.0. The van der Waals surface area contributed by atoms with Gasteiger partial charge >= 0.3 is 0 Å². The lowest BCUT2D eigenvalue weighted by Gasteiger charge is -2.36. The Morgan fingerprint density at radius 1 is 0.604 bits per heavy atom. The second kappa shape index (κ2) is 17.5. The van der Waals surface area contributed by atoms with Gasteiger partial charge in [-0.05, 0) is 70.1 Å². The Kier molecular flexibility index (Phi) is 12.2. The number of rotatable bonds is 13. The fourth-order valence-corrected chi connectivity index (χ4v) is 7.36. The van der Waals surface area contributed by atoms with Crippen LogP contribution in [-0.4, -0.2) is 138 Å². The molecule has 2 aromatic heterocycles. The van der Waals surface area contributed by atoms with Crippen molar-refractivity contribution in [2.45, 2.75) is 38.8 Å². The Morgan fingerprint density at radius 2 is 1.11 bits per heavy atom. The highest BCUT2D eigenvalue weighted by molar-refractivity contribution is 5.94. The first kappa shape index (κ1) is 36.8. The summed E-state index contributed by atoms with van der Waals surface area (Å²) in [5.74, 6) is 0.702. The minimum Gasteiger partial charge on any atom is -0.304 e. The summed E-state index contributed by atoms with van der Waals surface area (Å²) in [6.45, 7) is 15.5. The van der Waals surface area contributed by atoms with Gasteiger partial charge in [0.15, 0.2) is 5.82 Å². The average molecular weight is 710 g/mol. The van der Waals surface area contributed by atoms with Gasteiger partial charge in [-0.2, -0.15) is 0 Å². The molecule has 276 valence electrons. The fraction of sp³-hybridized carbons (Fsp3) is 0.409. The van der Waals surface area contributed by atoms with E-state index in [2.05, 4.69) is 137 Å². The quantitative estimate of drug-likeness (QED) is 0.128. The zero-order valence-electron chi connectivity index (χ0n) is 32.0. The molecule has 0 spiro atoms. The van der Waals surface area contributed by atoms with Gasteiger partial charge in [0.1, 0.15) is 5.65 Å². The van der Waals surface area contributed by atoms with Crippen molar-refractivity contribution < 1.29 is 0 Å². The van der Waals surface area contributed by atoms with Gasteiger partial charge in [0, 0.05) is 118 Å². The SMILES string of the molecule is CC(CCN=Cc1ccc(-c2nc(-c3ccc(C=NCCC(C)N4CCN(C)CC4)cc3)c3ccn(-c4ccccc4)c3n2)cc1)N1CCN(C)CC1. The summed E-state index contributed by atoms with van der Waals surface area (Å²) in [5.41, 5.74) is 7.09. The lowest BCUT2D eigenvalue weighted by Crippen LogP contribution is -2.48. The molecule has 0 amide bonds. The number of hydrogen-bond acceptors (Lipinski definition) is 8. The lowest BCUT2D eigenvalue weighted by molar-refractivity contribution is 0.116. The molecule has 0 saturated carbocycles. The highest BCUT2D eigenvalue weighted by Crippen LogP contribution is 2.31. The van der Waals surface area contributed by atoms with Crippen molar-refractivity contribution in [3.8, 4) is 28.3 Å². The Labute approximate surface area is 315 Å². The largest absolute Gasteiger partial charge is 0.304 e. The van der Waals surface area contributed by atoms with Crippen LogP contribution in [0.1, 0.15) is 37.8 Å². The maximum absolute atomic E-state index is 5.19. The van der Waals surface area contributed by atoms with Crippen molar-refractivity contribution in [3.63, 3.8) is 0 Å². The minimum atomic E-state index is 0.551. The molecule has 3 aromatic carbocycles. The van der Waals surface area contributed by atoms with Crippen LogP contribution in [0.4, 0.5) is 0 Å². The molecule has 4 heterocycles. The van der Waals surface area contributed by atoms with Gasteiger partial charge < -0.3 is 14.4 Å². The van der Waals surface area contributed by atoms with Gasteiger partial charge in [-0.1, -0.05) is 66.7 Å². The molecule has 9 nitrogen and oxygen atoms in total. The van der Waals surface area contributed by atoms with Crippen molar-refractivity contribution in [1.29, 1.82) is 0 Å². The van der Waals surface area contributed by atoms with Crippen LogP contribution in [-0.2, 0) is 0 Å². The van der Waals surface area contributed by atoms with Crippen LogP contribution in [0.5, 0.6) is 0 Å². The van der Waals surface area contributed by atoms with Crippen molar-refractivity contribution in [3.05, 3.63) is 102 Å². The first-order valence-corrected chi connectivity index (χ1v) is 19.4. The standard InChI is InChI=1S/C44H55N9/c1-34(51-28-24-49(3)25-29-51)18-21-45-32-36-10-14-38(15-11-36)42-41-20-23-53(40-8-6-5-7-9-40)44(41)48-43(47-42)39-16-12-37(13-17-39)33-46-22-19-35(2)52-30-26-50(4)27-31-52/h5-17,20,23,32-35H,18-19,21-22,24-31H2,1-4H3. The number of piperazine rings is 2. The number of aromatic nitrogens is 3. The molecular weight excluding hydrogens is 655 g/mol. The van der Waals surface area contributed by atoms with Crippen molar-refractivity contribution in [2.24, 2.45) is 9.98 Å². The van der Waals surface area contributed by atoms with Gasteiger partial charge in [-0.25, -0.2) is 9.97 Å². The predicted molar refractivity (Wildman–Crippen MR) is 221 cm³/mol. The molecule has 2 saturated heterocycles. The van der Waals surface area contributed by atoms with E-state index >= 15 is 0 Å². The van der Waals surface area contributed by atoms with E-state index in [-0.39, 0.29) is 0 Å². The summed E-state index contributed by atoms with van der Waals surface area (Å²) >= 11 is 0. The first-order chi connectivity index (χ1) is 25.9. The average Bonchev–Trinajstić information content (AvgIpc) is 3.63. The van der Waals surface area contributed by atoms with Crippen LogP contribution in [0.3, 0.4) is 0 Å². The second-order valence-corrected chi connectivity index (χ2v) is 14.9. The maximum Gasteiger partial charge on any atom is 0.162 e. The Balaban J connectivity index is 1.06. The number of nitrogens with zero attached hydrogens (tertiary/aromatic N) is 9. The summed E-state index contributed by atoms with van der Waals surface area (Å²) in [4.78, 5) is 29.9. The number of hydrogen-bond donors (Lipinski definition) is 0. The molecular formula is C44H55N9. The monoisotopic (exact) mass is 709 g/mol. The van der Waals surface area contributed by atoms with Crippen molar-refractivity contribution >= 4 is 23.5 Å². The van der Waals surface area contributed by atoms with Crippen molar-refractivity contribution in [1.82, 2.24) is 34.1 Å². The highest BCUT2D eigenvalue weighted by Gasteiger charge is 2.20. The van der Waals surface area contributed by atoms with Crippen LogP contribution in [0, 0.1) is 0 Å². The number of para-hydroxylation sites is 1. The predicted octanol–water partition coefficient (Wildman–Crippen LogP) is 6.64. The molecule has 2 fully saturated rings. The van der Waals surface area contributed by atoms with E-state index in [9.17, 15) is 0 Å². The second-order valence-electron chi connectivity index (χ2n) is 14.9. The van der Waals surface area contributed by atoms with Crippen LogP contribution in [0.2, 0.25) is 0 Å². The van der Waals surface area contributed by atoms with Gasteiger partial charge in [-0.3, -0.25) is 19.8 Å². The molecule has 0 aliphatic carbocycles. The Bertz CT molecular complexity index is 1950. The van der Waals surface area contributed by atoms with E-state index in [0.717, 1.165) is 123 Å². The molecule has 7 rings (SSSR count). The summed E-state index contributed by atoms with van der Waals surface area (Å²) in [6.07, 6.45) is 8.24. The molecule has 9 heteroatoms. The molecule has 5 aromatic rings. The fourth-order valence-electron chi connectivity index (χ4n) is 7.36. The summed E-state index contributed by atoms with van der Waals surface area (Å²) < 4.78 is 2.15. The summed E-state index contributed by atoms with van der Waals surface area (Å²) in [7, 11) is 4.41. The lowest BCUT2D eigenvalue weighted by atomic mass is 10.1.